The molecule has 0 aliphatic heterocycles. The van der Waals surface area contributed by atoms with Crippen LogP contribution >= 0.6 is 0 Å². The minimum Gasteiger partial charge on any atom is -0.496 e. The predicted molar refractivity (Wildman–Crippen MR) is 95.2 cm³/mol. The number of ether oxygens (including phenoxy) is 2. The van der Waals surface area contributed by atoms with Crippen LogP contribution in [-0.2, 0) is 24.2 Å². The first-order valence-electron chi connectivity index (χ1n) is 8.55. The molecule has 2 aromatic carbocycles. The van der Waals surface area contributed by atoms with Crippen molar-refractivity contribution in [3.05, 3.63) is 64.2 Å². The minimum atomic E-state index is -0.358. The van der Waals surface area contributed by atoms with Crippen LogP contribution in [0.1, 0.15) is 57.2 Å². The van der Waals surface area contributed by atoms with Crippen LogP contribution in [0.5, 0.6) is 5.75 Å². The van der Waals surface area contributed by atoms with E-state index < -0.39 is 0 Å². The summed E-state index contributed by atoms with van der Waals surface area (Å²) in [5.74, 6) is 0.205. The molecule has 4 heteroatoms. The third-order valence-corrected chi connectivity index (χ3v) is 4.63. The number of carbonyl (C=O) groups is 2. The van der Waals surface area contributed by atoms with Crippen molar-refractivity contribution in [3.63, 3.8) is 0 Å². The lowest BCUT2D eigenvalue weighted by molar-refractivity contribution is 0.0470. The SMILES string of the molecule is COc1ccc(C(C)=O)cc1COC(=O)c1ccc2c(c1)CCCC2. The van der Waals surface area contributed by atoms with E-state index in [9.17, 15) is 9.59 Å². The van der Waals surface area contributed by atoms with Crippen LogP contribution in [0.3, 0.4) is 0 Å². The third-order valence-electron chi connectivity index (χ3n) is 4.63. The Morgan fingerprint density at radius 2 is 1.68 bits per heavy atom. The van der Waals surface area contributed by atoms with E-state index in [1.165, 1.54) is 30.9 Å². The summed E-state index contributed by atoms with van der Waals surface area (Å²) in [6.07, 6.45) is 4.48. The summed E-state index contributed by atoms with van der Waals surface area (Å²) in [4.78, 5) is 23.9. The lowest BCUT2D eigenvalue weighted by Crippen LogP contribution is -2.09. The number of carbonyl (C=O) groups excluding carboxylic acids is 2. The molecule has 0 fully saturated rings. The van der Waals surface area contributed by atoms with Gasteiger partial charge in [-0.05, 0) is 74.1 Å². The van der Waals surface area contributed by atoms with Gasteiger partial charge in [0.05, 0.1) is 12.7 Å². The Kier molecular flexibility index (Phi) is 5.17. The molecule has 1 aliphatic rings. The normalized spacial score (nSPS) is 13.0. The number of methoxy groups -OCH3 is 1. The van der Waals surface area contributed by atoms with Gasteiger partial charge in [-0.25, -0.2) is 4.79 Å². The van der Waals surface area contributed by atoms with Crippen molar-refractivity contribution in [2.45, 2.75) is 39.2 Å². The molecule has 0 bridgehead atoms. The van der Waals surface area contributed by atoms with Gasteiger partial charge in [0.15, 0.2) is 5.78 Å². The van der Waals surface area contributed by atoms with Crippen LogP contribution in [0.15, 0.2) is 36.4 Å². The molecule has 0 heterocycles. The molecule has 0 amide bonds. The maximum atomic E-state index is 12.4. The summed E-state index contributed by atoms with van der Waals surface area (Å²) < 4.78 is 10.7. The summed E-state index contributed by atoms with van der Waals surface area (Å²) >= 11 is 0. The van der Waals surface area contributed by atoms with Gasteiger partial charge in [-0.2, -0.15) is 0 Å². The van der Waals surface area contributed by atoms with Gasteiger partial charge < -0.3 is 9.47 Å². The number of esters is 1. The van der Waals surface area contributed by atoms with Crippen molar-refractivity contribution in [2.24, 2.45) is 0 Å². The molecule has 0 saturated carbocycles. The number of ketones is 1. The molecule has 130 valence electrons. The topological polar surface area (TPSA) is 52.6 Å². The van der Waals surface area contributed by atoms with Crippen LogP contribution in [0.2, 0.25) is 0 Å². The predicted octanol–water partition coefficient (Wildman–Crippen LogP) is 4.13. The average Bonchev–Trinajstić information content (AvgIpc) is 2.65. The van der Waals surface area contributed by atoms with Crippen LogP contribution in [0, 0.1) is 0 Å². The van der Waals surface area contributed by atoms with Gasteiger partial charge in [0.25, 0.3) is 0 Å². The summed E-state index contributed by atoms with van der Waals surface area (Å²) in [6, 6.07) is 10.9. The highest BCUT2D eigenvalue weighted by molar-refractivity contribution is 5.94. The third kappa shape index (κ3) is 3.90. The van der Waals surface area contributed by atoms with Crippen molar-refractivity contribution >= 4 is 11.8 Å². The number of rotatable bonds is 5. The summed E-state index contributed by atoms with van der Waals surface area (Å²) in [5.41, 5.74) is 4.40. The molecule has 0 aromatic heterocycles. The number of Topliss-reactive ketones (excluding diaryl/α,β-unsaturated/α-hetero) is 1. The van der Waals surface area contributed by atoms with E-state index in [1.807, 2.05) is 18.2 Å². The zero-order valence-corrected chi connectivity index (χ0v) is 14.6. The lowest BCUT2D eigenvalue weighted by Gasteiger charge is -2.16. The standard InChI is InChI=1S/C21H22O4/c1-14(22)16-9-10-20(24-2)19(11-16)13-25-21(23)18-8-7-15-5-3-4-6-17(15)12-18/h7-12H,3-6,13H2,1-2H3. The van der Waals surface area contributed by atoms with Gasteiger partial charge in [-0.3, -0.25) is 4.79 Å². The van der Waals surface area contributed by atoms with Crippen molar-refractivity contribution in [2.75, 3.05) is 7.11 Å². The van der Waals surface area contributed by atoms with Crippen molar-refractivity contribution in [3.8, 4) is 5.75 Å². The Bertz CT molecular complexity index is 808. The molecule has 0 unspecified atom stereocenters. The van der Waals surface area contributed by atoms with Crippen LogP contribution in [-0.4, -0.2) is 18.9 Å². The second-order valence-electron chi connectivity index (χ2n) is 6.35. The molecule has 25 heavy (non-hydrogen) atoms. The maximum Gasteiger partial charge on any atom is 0.338 e. The Morgan fingerprint density at radius 1 is 0.960 bits per heavy atom. The molecule has 0 radical (unpaired) electrons. The van der Waals surface area contributed by atoms with Crippen molar-refractivity contribution in [1.29, 1.82) is 0 Å². The fourth-order valence-electron chi connectivity index (χ4n) is 3.20. The van der Waals surface area contributed by atoms with Gasteiger partial charge >= 0.3 is 5.97 Å². The van der Waals surface area contributed by atoms with Gasteiger partial charge in [-0.1, -0.05) is 6.07 Å². The van der Waals surface area contributed by atoms with Crippen LogP contribution in [0.4, 0.5) is 0 Å². The summed E-state index contributed by atoms with van der Waals surface area (Å²) in [7, 11) is 1.55. The number of aryl methyl sites for hydroxylation is 2. The van der Waals surface area contributed by atoms with Crippen LogP contribution in [0.25, 0.3) is 0 Å². The van der Waals surface area contributed by atoms with Crippen molar-refractivity contribution < 1.29 is 19.1 Å². The minimum absolute atomic E-state index is 0.0371. The Hall–Kier alpha value is -2.62. The first-order chi connectivity index (χ1) is 12.1. The molecule has 4 nitrogen and oxygen atoms in total. The molecule has 3 rings (SSSR count). The average molecular weight is 338 g/mol. The molecule has 0 saturated heterocycles. The largest absolute Gasteiger partial charge is 0.496 e. The van der Waals surface area contributed by atoms with E-state index in [1.54, 1.807) is 25.3 Å². The smallest absolute Gasteiger partial charge is 0.338 e. The molecule has 0 spiro atoms. The van der Waals surface area contributed by atoms with E-state index in [0.717, 1.165) is 12.8 Å². The van der Waals surface area contributed by atoms with Gasteiger partial charge in [0.1, 0.15) is 12.4 Å². The van der Waals surface area contributed by atoms with Gasteiger partial charge in [-0.15, -0.1) is 0 Å². The number of hydrogen-bond donors (Lipinski definition) is 0. The highest BCUT2D eigenvalue weighted by atomic mass is 16.5. The summed E-state index contributed by atoms with van der Waals surface area (Å²) in [5, 5.41) is 0. The first-order valence-corrected chi connectivity index (χ1v) is 8.55. The fourth-order valence-corrected chi connectivity index (χ4v) is 3.20. The Morgan fingerprint density at radius 3 is 2.40 bits per heavy atom. The molecule has 1 aliphatic carbocycles. The zero-order chi connectivity index (χ0) is 17.8. The quantitative estimate of drug-likeness (QED) is 0.607. The van der Waals surface area contributed by atoms with E-state index in [4.69, 9.17) is 9.47 Å². The zero-order valence-electron chi connectivity index (χ0n) is 14.6. The van der Waals surface area contributed by atoms with Gasteiger partial charge in [0.2, 0.25) is 0 Å². The van der Waals surface area contributed by atoms with Crippen molar-refractivity contribution in [1.82, 2.24) is 0 Å². The molecular formula is C21H22O4. The second kappa shape index (κ2) is 7.51. The lowest BCUT2D eigenvalue weighted by atomic mass is 9.90. The monoisotopic (exact) mass is 338 g/mol. The van der Waals surface area contributed by atoms with Crippen LogP contribution < -0.4 is 4.74 Å². The Balaban J connectivity index is 1.74. The molecule has 0 atom stereocenters. The summed E-state index contributed by atoms with van der Waals surface area (Å²) in [6.45, 7) is 1.57. The molecular weight excluding hydrogens is 316 g/mol. The highest BCUT2D eigenvalue weighted by Crippen LogP contribution is 2.24. The number of fused-ring (bicyclic) bond motifs is 1. The number of hydrogen-bond acceptors (Lipinski definition) is 4. The van der Waals surface area contributed by atoms with E-state index in [2.05, 4.69) is 0 Å². The highest BCUT2D eigenvalue weighted by Gasteiger charge is 2.15. The first kappa shape index (κ1) is 17.2. The second-order valence-corrected chi connectivity index (χ2v) is 6.35. The molecule has 2 aromatic rings. The van der Waals surface area contributed by atoms with E-state index >= 15 is 0 Å². The van der Waals surface area contributed by atoms with E-state index in [-0.39, 0.29) is 18.4 Å². The van der Waals surface area contributed by atoms with Gasteiger partial charge in [0, 0.05) is 11.1 Å². The number of benzene rings is 2. The van der Waals surface area contributed by atoms with E-state index in [0.29, 0.717) is 22.4 Å². The Labute approximate surface area is 147 Å². The maximum absolute atomic E-state index is 12.4. The fraction of sp³-hybridized carbons (Fsp3) is 0.333. The molecule has 0 N–H and O–H groups in total.